The highest BCUT2D eigenvalue weighted by Crippen LogP contribution is 2.35. The number of hydrogen-bond acceptors (Lipinski definition) is 2. The van der Waals surface area contributed by atoms with Gasteiger partial charge < -0.3 is 10.6 Å². The van der Waals surface area contributed by atoms with Gasteiger partial charge in [0.05, 0.1) is 15.8 Å². The van der Waals surface area contributed by atoms with Crippen molar-refractivity contribution >= 4 is 33.2 Å². The van der Waals surface area contributed by atoms with E-state index in [1.807, 2.05) is 30.3 Å². The second-order valence-electron chi connectivity index (χ2n) is 4.29. The van der Waals surface area contributed by atoms with Gasteiger partial charge in [-0.25, -0.2) is 4.39 Å². The molecule has 2 aromatic carbocycles. The van der Waals surface area contributed by atoms with Crippen LogP contribution in [0.1, 0.15) is 11.6 Å². The normalized spacial score (nSPS) is 17.4. The van der Waals surface area contributed by atoms with Crippen molar-refractivity contribution in [3.8, 4) is 0 Å². The Morgan fingerprint density at radius 2 is 1.84 bits per heavy atom. The number of nitrogens with one attached hydrogen (secondary N) is 2. The summed E-state index contributed by atoms with van der Waals surface area (Å²) in [5, 5.41) is 5.84. The van der Waals surface area contributed by atoms with Crippen LogP contribution in [0, 0.1) is 5.82 Å². The minimum absolute atomic E-state index is 0.155. The smallest absolute Gasteiger partial charge is 0.251 e. The van der Waals surface area contributed by atoms with Gasteiger partial charge in [0.25, 0.3) is 5.91 Å². The molecule has 2 N–H and O–H groups in total. The van der Waals surface area contributed by atoms with Crippen LogP contribution in [0.5, 0.6) is 0 Å². The van der Waals surface area contributed by atoms with E-state index in [0.29, 0.717) is 15.8 Å². The highest BCUT2D eigenvalue weighted by Gasteiger charge is 2.27. The highest BCUT2D eigenvalue weighted by atomic mass is 79.9. The first-order chi connectivity index (χ1) is 9.15. The summed E-state index contributed by atoms with van der Waals surface area (Å²) in [4.78, 5) is 12.1. The average Bonchev–Trinajstić information content (AvgIpc) is 2.41. The van der Waals surface area contributed by atoms with Gasteiger partial charge in [-0.1, -0.05) is 30.3 Å². The van der Waals surface area contributed by atoms with Crippen LogP contribution in [0.3, 0.4) is 0 Å². The third-order valence-corrected chi connectivity index (χ3v) is 3.62. The van der Waals surface area contributed by atoms with E-state index in [0.717, 1.165) is 5.56 Å². The number of rotatable bonds is 1. The van der Waals surface area contributed by atoms with Gasteiger partial charge >= 0.3 is 0 Å². The molecular weight excluding hydrogens is 311 g/mol. The molecule has 1 amide bonds. The molecule has 1 aliphatic rings. The first-order valence-electron chi connectivity index (χ1n) is 5.76. The molecule has 3 rings (SSSR count). The zero-order valence-electron chi connectivity index (χ0n) is 9.78. The predicted octanol–water partition coefficient (Wildman–Crippen LogP) is 3.69. The zero-order valence-corrected chi connectivity index (χ0v) is 11.4. The summed E-state index contributed by atoms with van der Waals surface area (Å²) in [6.45, 7) is 0. The summed E-state index contributed by atoms with van der Waals surface area (Å²) in [6, 6.07) is 11.7. The van der Waals surface area contributed by atoms with Crippen molar-refractivity contribution in [3.63, 3.8) is 0 Å². The van der Waals surface area contributed by atoms with Gasteiger partial charge in [-0.2, -0.15) is 0 Å². The number of halogens is 2. The fourth-order valence-electron chi connectivity index (χ4n) is 2.08. The van der Waals surface area contributed by atoms with E-state index in [2.05, 4.69) is 26.6 Å². The Hall–Kier alpha value is -1.88. The van der Waals surface area contributed by atoms with Crippen molar-refractivity contribution in [2.75, 3.05) is 10.6 Å². The first-order valence-corrected chi connectivity index (χ1v) is 6.56. The average molecular weight is 321 g/mol. The predicted molar refractivity (Wildman–Crippen MR) is 75.5 cm³/mol. The molecule has 0 spiro atoms. The van der Waals surface area contributed by atoms with Crippen LogP contribution >= 0.6 is 15.9 Å². The van der Waals surface area contributed by atoms with Crippen LogP contribution in [0.4, 0.5) is 15.8 Å². The topological polar surface area (TPSA) is 41.1 Å². The van der Waals surface area contributed by atoms with E-state index in [1.54, 1.807) is 6.07 Å². The summed E-state index contributed by atoms with van der Waals surface area (Å²) >= 11 is 3.10. The van der Waals surface area contributed by atoms with Crippen LogP contribution in [-0.4, -0.2) is 5.91 Å². The molecule has 0 aliphatic carbocycles. The van der Waals surface area contributed by atoms with Gasteiger partial charge in [-0.05, 0) is 27.6 Å². The maximum absolute atomic E-state index is 13.5. The van der Waals surface area contributed by atoms with Crippen LogP contribution in [0.2, 0.25) is 0 Å². The molecule has 2 aromatic rings. The van der Waals surface area contributed by atoms with Crippen molar-refractivity contribution in [1.29, 1.82) is 0 Å². The molecule has 0 bridgehead atoms. The van der Waals surface area contributed by atoms with E-state index in [-0.39, 0.29) is 11.7 Å². The maximum Gasteiger partial charge on any atom is 0.251 e. The van der Waals surface area contributed by atoms with Gasteiger partial charge in [-0.3, -0.25) is 4.79 Å². The van der Waals surface area contributed by atoms with Crippen LogP contribution < -0.4 is 10.6 Å². The van der Waals surface area contributed by atoms with E-state index in [9.17, 15) is 9.18 Å². The van der Waals surface area contributed by atoms with E-state index >= 15 is 0 Å². The van der Waals surface area contributed by atoms with Gasteiger partial charge in [0.1, 0.15) is 11.9 Å². The lowest BCUT2D eigenvalue weighted by Gasteiger charge is -2.27. The second kappa shape index (κ2) is 4.66. The lowest BCUT2D eigenvalue weighted by molar-refractivity contribution is -0.117. The SMILES string of the molecule is O=C1Nc2cc(Br)c(F)cc2NC1c1ccccc1. The molecule has 19 heavy (non-hydrogen) atoms. The van der Waals surface area contributed by atoms with Crippen molar-refractivity contribution in [2.24, 2.45) is 0 Å². The molecule has 5 heteroatoms. The molecule has 1 aliphatic heterocycles. The molecule has 1 heterocycles. The number of carbonyl (C=O) groups excluding carboxylic acids is 1. The third kappa shape index (κ3) is 2.21. The number of anilines is 2. The molecule has 0 radical (unpaired) electrons. The standard InChI is InChI=1S/C14H10BrFN2O/c15-9-6-11-12(7-10(9)16)17-13(14(19)18-11)8-4-2-1-3-5-8/h1-7,13,17H,(H,18,19). The van der Waals surface area contributed by atoms with E-state index in [1.165, 1.54) is 6.07 Å². The molecule has 0 aromatic heterocycles. The van der Waals surface area contributed by atoms with E-state index in [4.69, 9.17) is 0 Å². The Labute approximate surface area is 118 Å². The molecule has 1 atom stereocenters. The van der Waals surface area contributed by atoms with Crippen LogP contribution in [0.15, 0.2) is 46.9 Å². The first kappa shape index (κ1) is 12.2. The molecule has 0 saturated heterocycles. The number of fused-ring (bicyclic) bond motifs is 1. The Morgan fingerprint density at radius 3 is 2.58 bits per heavy atom. The van der Waals surface area contributed by atoms with Crippen molar-refractivity contribution in [1.82, 2.24) is 0 Å². The van der Waals surface area contributed by atoms with E-state index < -0.39 is 6.04 Å². The third-order valence-electron chi connectivity index (χ3n) is 3.01. The number of hydrogen-bond donors (Lipinski definition) is 2. The van der Waals surface area contributed by atoms with Crippen molar-refractivity contribution < 1.29 is 9.18 Å². The van der Waals surface area contributed by atoms with Crippen molar-refractivity contribution in [3.05, 3.63) is 58.3 Å². The van der Waals surface area contributed by atoms with Gasteiger partial charge in [0.15, 0.2) is 0 Å². The number of benzene rings is 2. The molecular formula is C14H10BrFN2O. The summed E-state index contributed by atoms with van der Waals surface area (Å²) in [5.41, 5.74) is 1.99. The summed E-state index contributed by atoms with van der Waals surface area (Å²) in [6.07, 6.45) is 0. The number of carbonyl (C=O) groups is 1. The Morgan fingerprint density at radius 1 is 1.11 bits per heavy atom. The zero-order chi connectivity index (χ0) is 13.4. The Kier molecular flexibility index (Phi) is 2.98. The number of amides is 1. The quantitative estimate of drug-likeness (QED) is 0.841. The largest absolute Gasteiger partial charge is 0.368 e. The van der Waals surface area contributed by atoms with Gasteiger partial charge in [0, 0.05) is 6.07 Å². The monoisotopic (exact) mass is 320 g/mol. The molecule has 3 nitrogen and oxygen atoms in total. The lowest BCUT2D eigenvalue weighted by atomic mass is 10.0. The van der Waals surface area contributed by atoms with Crippen LogP contribution in [0.25, 0.3) is 0 Å². The fourth-order valence-corrected chi connectivity index (χ4v) is 2.42. The fraction of sp³-hybridized carbons (Fsp3) is 0.0714. The molecule has 0 saturated carbocycles. The lowest BCUT2D eigenvalue weighted by Crippen LogP contribution is -2.32. The van der Waals surface area contributed by atoms with Gasteiger partial charge in [-0.15, -0.1) is 0 Å². The second-order valence-corrected chi connectivity index (χ2v) is 5.14. The minimum atomic E-state index is -0.505. The molecule has 0 fully saturated rings. The Bertz CT molecular complexity index is 645. The summed E-state index contributed by atoms with van der Waals surface area (Å²) in [5.74, 6) is -0.522. The maximum atomic E-state index is 13.5. The molecule has 1 unspecified atom stereocenters. The minimum Gasteiger partial charge on any atom is -0.368 e. The highest BCUT2D eigenvalue weighted by molar-refractivity contribution is 9.10. The van der Waals surface area contributed by atoms with Crippen LogP contribution in [-0.2, 0) is 4.79 Å². The molecule has 96 valence electrons. The summed E-state index contributed by atoms with van der Waals surface area (Å²) < 4.78 is 13.9. The van der Waals surface area contributed by atoms with Gasteiger partial charge in [0.2, 0.25) is 0 Å². The Balaban J connectivity index is 2.00. The van der Waals surface area contributed by atoms with Crippen molar-refractivity contribution in [2.45, 2.75) is 6.04 Å². The summed E-state index contributed by atoms with van der Waals surface area (Å²) in [7, 11) is 0.